The van der Waals surface area contributed by atoms with Crippen LogP contribution in [-0.4, -0.2) is 19.1 Å². The molecule has 0 heterocycles. The molecule has 2 aromatic carbocycles. The molecule has 2 aromatic rings. The van der Waals surface area contributed by atoms with Crippen LogP contribution in [0.15, 0.2) is 42.5 Å². The number of carbonyl (C=O) groups excluding carboxylic acids is 1. The van der Waals surface area contributed by atoms with E-state index in [4.69, 9.17) is 9.47 Å². The lowest BCUT2D eigenvalue weighted by atomic mass is 9.68. The van der Waals surface area contributed by atoms with Crippen molar-refractivity contribution in [2.75, 3.05) is 12.4 Å². The lowest BCUT2D eigenvalue weighted by molar-refractivity contribution is -0.122. The topological polar surface area (TPSA) is 47.6 Å². The van der Waals surface area contributed by atoms with Crippen molar-refractivity contribution in [1.82, 2.24) is 0 Å². The van der Waals surface area contributed by atoms with Crippen molar-refractivity contribution in [1.29, 1.82) is 0 Å². The first-order valence-corrected chi connectivity index (χ1v) is 10.7. The number of rotatable bonds is 7. The summed E-state index contributed by atoms with van der Waals surface area (Å²) in [4.78, 5) is 13.5. The van der Waals surface area contributed by atoms with E-state index in [1.807, 2.05) is 49.4 Å². The van der Waals surface area contributed by atoms with Crippen LogP contribution in [0.5, 0.6) is 11.5 Å². The third kappa shape index (κ3) is 4.75. The Morgan fingerprint density at radius 1 is 1.10 bits per heavy atom. The minimum Gasteiger partial charge on any atom is -0.497 e. The van der Waals surface area contributed by atoms with Gasteiger partial charge in [-0.25, -0.2) is 0 Å². The van der Waals surface area contributed by atoms with Crippen molar-refractivity contribution in [3.05, 3.63) is 53.6 Å². The van der Waals surface area contributed by atoms with Crippen molar-refractivity contribution in [3.63, 3.8) is 0 Å². The lowest BCUT2D eigenvalue weighted by Gasteiger charge is -2.36. The van der Waals surface area contributed by atoms with Gasteiger partial charge in [0.2, 0.25) is 5.91 Å². The molecule has 0 radical (unpaired) electrons. The SMILES string of the molecule is CCC(C)Oc1ccc(NC(=O)C2(c3ccc(OC)cc3)CCCCC2)cc1C. The highest BCUT2D eigenvalue weighted by atomic mass is 16.5. The van der Waals surface area contributed by atoms with Gasteiger partial charge in [-0.15, -0.1) is 0 Å². The molecule has 156 valence electrons. The molecule has 0 bridgehead atoms. The summed E-state index contributed by atoms with van der Waals surface area (Å²) in [5.41, 5.74) is 2.45. The van der Waals surface area contributed by atoms with E-state index >= 15 is 0 Å². The van der Waals surface area contributed by atoms with E-state index in [0.29, 0.717) is 0 Å². The number of carbonyl (C=O) groups is 1. The number of ether oxygens (including phenoxy) is 2. The van der Waals surface area contributed by atoms with Gasteiger partial charge in [-0.3, -0.25) is 4.79 Å². The number of hydrogen-bond acceptors (Lipinski definition) is 3. The summed E-state index contributed by atoms with van der Waals surface area (Å²) < 4.78 is 11.2. The molecular weight excluding hydrogens is 362 g/mol. The third-order valence-corrected chi connectivity index (χ3v) is 6.12. The van der Waals surface area contributed by atoms with E-state index < -0.39 is 5.41 Å². The maximum atomic E-state index is 13.5. The lowest BCUT2D eigenvalue weighted by Crippen LogP contribution is -2.42. The van der Waals surface area contributed by atoms with Crippen molar-refractivity contribution < 1.29 is 14.3 Å². The van der Waals surface area contributed by atoms with E-state index in [0.717, 1.165) is 60.4 Å². The molecule has 1 saturated carbocycles. The maximum Gasteiger partial charge on any atom is 0.235 e. The molecule has 0 spiro atoms. The summed E-state index contributed by atoms with van der Waals surface area (Å²) in [7, 11) is 1.66. The quantitative estimate of drug-likeness (QED) is 0.623. The van der Waals surface area contributed by atoms with Gasteiger partial charge in [0.1, 0.15) is 11.5 Å². The Morgan fingerprint density at radius 3 is 2.38 bits per heavy atom. The van der Waals surface area contributed by atoms with Gasteiger partial charge in [-0.1, -0.05) is 38.3 Å². The van der Waals surface area contributed by atoms with E-state index in [-0.39, 0.29) is 12.0 Å². The minimum absolute atomic E-state index is 0.0809. The first kappa shape index (κ1) is 21.2. The number of hydrogen-bond donors (Lipinski definition) is 1. The highest BCUT2D eigenvalue weighted by molar-refractivity contribution is 5.99. The predicted molar refractivity (Wildman–Crippen MR) is 118 cm³/mol. The molecule has 1 fully saturated rings. The second-order valence-corrected chi connectivity index (χ2v) is 8.14. The molecule has 1 unspecified atom stereocenters. The largest absolute Gasteiger partial charge is 0.497 e. The summed E-state index contributed by atoms with van der Waals surface area (Å²) in [6.45, 7) is 6.20. The fraction of sp³-hybridized carbons (Fsp3) is 0.480. The third-order valence-electron chi connectivity index (χ3n) is 6.12. The molecule has 29 heavy (non-hydrogen) atoms. The van der Waals surface area contributed by atoms with Crippen molar-refractivity contribution in [2.45, 2.75) is 70.8 Å². The number of anilines is 1. The van der Waals surface area contributed by atoms with Crippen LogP contribution in [0, 0.1) is 6.92 Å². The van der Waals surface area contributed by atoms with Crippen LogP contribution < -0.4 is 14.8 Å². The normalized spacial score (nSPS) is 16.7. The molecule has 1 aliphatic rings. The summed E-state index contributed by atoms with van der Waals surface area (Å²) in [5, 5.41) is 3.19. The van der Waals surface area contributed by atoms with Gasteiger partial charge >= 0.3 is 0 Å². The molecule has 1 aliphatic carbocycles. The number of aryl methyl sites for hydroxylation is 1. The molecule has 4 heteroatoms. The van der Waals surface area contributed by atoms with Gasteiger partial charge in [0.25, 0.3) is 0 Å². The standard InChI is InChI=1S/C25H33NO3/c1-5-19(3)29-23-14-11-21(17-18(23)2)26-24(27)25(15-7-6-8-16-25)20-9-12-22(28-4)13-10-20/h9-14,17,19H,5-8,15-16H2,1-4H3,(H,26,27). The molecule has 0 aliphatic heterocycles. The molecule has 1 N–H and O–H groups in total. The van der Waals surface area contributed by atoms with Crippen molar-refractivity contribution in [2.24, 2.45) is 0 Å². The minimum atomic E-state index is -0.482. The second-order valence-electron chi connectivity index (χ2n) is 8.14. The number of benzene rings is 2. The number of amides is 1. The van der Waals surface area contributed by atoms with Crippen LogP contribution in [0.1, 0.15) is 63.5 Å². The summed E-state index contributed by atoms with van der Waals surface area (Å²) in [6.07, 6.45) is 6.21. The molecule has 1 atom stereocenters. The highest BCUT2D eigenvalue weighted by Crippen LogP contribution is 2.41. The Morgan fingerprint density at radius 2 is 1.79 bits per heavy atom. The molecule has 0 aromatic heterocycles. The Bertz CT molecular complexity index is 822. The van der Waals surface area contributed by atoms with Gasteiger partial charge in [0, 0.05) is 5.69 Å². The predicted octanol–water partition coefficient (Wildman–Crippen LogP) is 6.02. The zero-order valence-corrected chi connectivity index (χ0v) is 18.1. The molecule has 0 saturated heterocycles. The fourth-order valence-electron chi connectivity index (χ4n) is 4.12. The number of methoxy groups -OCH3 is 1. The smallest absolute Gasteiger partial charge is 0.235 e. The first-order chi connectivity index (χ1) is 14.0. The van der Waals surface area contributed by atoms with Gasteiger partial charge in [0.15, 0.2) is 0 Å². The van der Waals surface area contributed by atoms with E-state index in [9.17, 15) is 4.79 Å². The Labute approximate surface area is 174 Å². The van der Waals surface area contributed by atoms with Crippen LogP contribution in [-0.2, 0) is 10.2 Å². The zero-order valence-electron chi connectivity index (χ0n) is 18.1. The van der Waals surface area contributed by atoms with E-state index in [1.165, 1.54) is 6.42 Å². The van der Waals surface area contributed by atoms with E-state index in [1.54, 1.807) is 7.11 Å². The maximum absolute atomic E-state index is 13.5. The van der Waals surface area contributed by atoms with Crippen LogP contribution >= 0.6 is 0 Å². The van der Waals surface area contributed by atoms with Gasteiger partial charge in [0.05, 0.1) is 18.6 Å². The second kappa shape index (κ2) is 9.34. The van der Waals surface area contributed by atoms with Crippen LogP contribution in [0.3, 0.4) is 0 Å². The molecule has 1 amide bonds. The van der Waals surface area contributed by atoms with Crippen LogP contribution in [0.25, 0.3) is 0 Å². The van der Waals surface area contributed by atoms with Gasteiger partial charge < -0.3 is 14.8 Å². The molecular formula is C25H33NO3. The summed E-state index contributed by atoms with van der Waals surface area (Å²) >= 11 is 0. The monoisotopic (exact) mass is 395 g/mol. The van der Waals surface area contributed by atoms with Crippen molar-refractivity contribution in [3.8, 4) is 11.5 Å². The van der Waals surface area contributed by atoms with E-state index in [2.05, 4.69) is 19.2 Å². The molecule has 4 nitrogen and oxygen atoms in total. The van der Waals surface area contributed by atoms with Crippen LogP contribution in [0.2, 0.25) is 0 Å². The highest BCUT2D eigenvalue weighted by Gasteiger charge is 2.41. The average Bonchev–Trinajstić information content (AvgIpc) is 2.76. The fourth-order valence-corrected chi connectivity index (χ4v) is 4.12. The summed E-state index contributed by atoms with van der Waals surface area (Å²) in [6, 6.07) is 13.9. The van der Waals surface area contributed by atoms with Gasteiger partial charge in [-0.05, 0) is 74.6 Å². The summed E-state index contributed by atoms with van der Waals surface area (Å²) in [5.74, 6) is 1.77. The Balaban J connectivity index is 1.82. The van der Waals surface area contributed by atoms with Crippen molar-refractivity contribution >= 4 is 11.6 Å². The molecule has 3 rings (SSSR count). The number of nitrogens with one attached hydrogen (secondary N) is 1. The Hall–Kier alpha value is -2.49. The average molecular weight is 396 g/mol. The Kier molecular flexibility index (Phi) is 6.83. The van der Waals surface area contributed by atoms with Gasteiger partial charge in [-0.2, -0.15) is 0 Å². The first-order valence-electron chi connectivity index (χ1n) is 10.7. The van der Waals surface area contributed by atoms with Crippen LogP contribution in [0.4, 0.5) is 5.69 Å². The zero-order chi connectivity index (χ0) is 20.9.